The lowest BCUT2D eigenvalue weighted by Crippen LogP contribution is -2.36. The molecule has 1 aliphatic rings. The average Bonchev–Trinajstić information content (AvgIpc) is 3.06. The molecule has 0 amide bonds. The Labute approximate surface area is 263 Å². The van der Waals surface area contributed by atoms with E-state index in [0.29, 0.717) is 29.9 Å². The highest BCUT2D eigenvalue weighted by Crippen LogP contribution is 2.29. The molecule has 0 bridgehead atoms. The van der Waals surface area contributed by atoms with Crippen LogP contribution in [0, 0.1) is 17.0 Å². The van der Waals surface area contributed by atoms with E-state index in [-0.39, 0.29) is 28.3 Å². The van der Waals surface area contributed by atoms with Crippen molar-refractivity contribution in [2.45, 2.75) is 23.6 Å². The Balaban J connectivity index is 1.27. The lowest BCUT2D eigenvalue weighted by Gasteiger charge is -2.28. The minimum atomic E-state index is -0.732. The van der Waals surface area contributed by atoms with Gasteiger partial charge < -0.3 is 14.5 Å². The SMILES string of the molecule is CC(=O)O/N=C(/C(=O)c1ccc(Sc2ccc(C(=O)c3ccc(N4CCOCC4)cc3)cc2)cc1)c1cc([N+](=O)[O-])ccc1C. The van der Waals surface area contributed by atoms with Gasteiger partial charge in [0.2, 0.25) is 5.78 Å². The van der Waals surface area contributed by atoms with Crippen LogP contribution in [-0.2, 0) is 14.4 Å². The molecule has 45 heavy (non-hydrogen) atoms. The standard InChI is InChI=1S/C34H29N3O7S/c1-22-3-10-28(37(41)42)21-31(22)32(35-44-23(2)38)34(40)26-8-15-30(16-9-26)45-29-13-6-25(7-14-29)33(39)24-4-11-27(12-5-24)36-17-19-43-20-18-36/h3-16,21H,17-20H2,1-2H3/b35-32+. The number of nitro groups is 1. The number of aryl methyl sites for hydroxylation is 1. The number of anilines is 1. The summed E-state index contributed by atoms with van der Waals surface area (Å²) in [6.07, 6.45) is 0. The number of Topliss-reactive ketones (excluding diaryl/α,β-unsaturated/α-hetero) is 1. The van der Waals surface area contributed by atoms with Gasteiger partial charge in [0.15, 0.2) is 11.5 Å². The van der Waals surface area contributed by atoms with Gasteiger partial charge in [-0.25, -0.2) is 4.79 Å². The Morgan fingerprint density at radius 3 is 1.96 bits per heavy atom. The number of nitrogens with zero attached hydrogens (tertiary/aromatic N) is 3. The average molecular weight is 624 g/mol. The third-order valence-corrected chi connectivity index (χ3v) is 8.16. The summed E-state index contributed by atoms with van der Waals surface area (Å²) >= 11 is 1.46. The van der Waals surface area contributed by atoms with Gasteiger partial charge in [0.05, 0.1) is 18.1 Å². The van der Waals surface area contributed by atoms with E-state index in [4.69, 9.17) is 9.57 Å². The van der Waals surface area contributed by atoms with E-state index in [1.54, 1.807) is 43.3 Å². The molecule has 0 unspecified atom stereocenters. The first-order chi connectivity index (χ1) is 21.7. The van der Waals surface area contributed by atoms with E-state index in [0.717, 1.165) is 35.5 Å². The number of rotatable bonds is 10. The van der Waals surface area contributed by atoms with Crippen molar-refractivity contribution in [3.05, 3.63) is 129 Å². The van der Waals surface area contributed by atoms with Crippen LogP contribution in [0.1, 0.15) is 44.3 Å². The fourth-order valence-electron chi connectivity index (χ4n) is 4.73. The minimum absolute atomic E-state index is 0.0619. The Bertz CT molecular complexity index is 1760. The monoisotopic (exact) mass is 623 g/mol. The van der Waals surface area contributed by atoms with Crippen LogP contribution in [0.2, 0.25) is 0 Å². The van der Waals surface area contributed by atoms with E-state index in [2.05, 4.69) is 10.1 Å². The van der Waals surface area contributed by atoms with Gasteiger partial charge in [0.1, 0.15) is 0 Å². The van der Waals surface area contributed by atoms with Gasteiger partial charge in [-0.3, -0.25) is 19.7 Å². The zero-order chi connectivity index (χ0) is 31.9. The number of nitro benzene ring substituents is 1. The van der Waals surface area contributed by atoms with Crippen LogP contribution < -0.4 is 4.90 Å². The van der Waals surface area contributed by atoms with E-state index in [1.807, 2.05) is 36.4 Å². The summed E-state index contributed by atoms with van der Waals surface area (Å²) in [6, 6.07) is 25.7. The number of carbonyl (C=O) groups is 3. The van der Waals surface area contributed by atoms with Crippen molar-refractivity contribution in [3.63, 3.8) is 0 Å². The highest BCUT2D eigenvalue weighted by molar-refractivity contribution is 7.99. The van der Waals surface area contributed by atoms with Crippen molar-refractivity contribution in [3.8, 4) is 0 Å². The predicted octanol–water partition coefficient (Wildman–Crippen LogP) is 6.27. The third-order valence-electron chi connectivity index (χ3n) is 7.14. The quantitative estimate of drug-likeness (QED) is 0.0660. The number of non-ortho nitro benzene ring substituents is 1. The molecule has 1 heterocycles. The summed E-state index contributed by atoms with van der Waals surface area (Å²) in [5.41, 5.74) is 2.83. The van der Waals surface area contributed by atoms with Gasteiger partial charge in [-0.15, -0.1) is 0 Å². The molecule has 10 nitrogen and oxygen atoms in total. The lowest BCUT2D eigenvalue weighted by molar-refractivity contribution is -0.384. The van der Waals surface area contributed by atoms with Crippen LogP contribution in [0.3, 0.4) is 0 Å². The van der Waals surface area contributed by atoms with Gasteiger partial charge in [-0.05, 0) is 85.3 Å². The number of ketones is 2. The number of morpholine rings is 1. The van der Waals surface area contributed by atoms with Crippen LogP contribution >= 0.6 is 11.8 Å². The molecule has 0 aliphatic carbocycles. The Hall–Kier alpha value is -5.13. The zero-order valence-electron chi connectivity index (χ0n) is 24.6. The van der Waals surface area contributed by atoms with Crippen molar-refractivity contribution in [1.29, 1.82) is 0 Å². The highest BCUT2D eigenvalue weighted by Gasteiger charge is 2.22. The maximum Gasteiger partial charge on any atom is 0.332 e. The van der Waals surface area contributed by atoms with Crippen molar-refractivity contribution >= 4 is 46.4 Å². The largest absolute Gasteiger partial charge is 0.378 e. The molecule has 228 valence electrons. The molecule has 0 saturated carbocycles. The van der Waals surface area contributed by atoms with Crippen LogP contribution in [0.4, 0.5) is 11.4 Å². The highest BCUT2D eigenvalue weighted by atomic mass is 32.2. The Kier molecular flexibility index (Phi) is 9.81. The molecule has 4 aromatic rings. The van der Waals surface area contributed by atoms with Gasteiger partial charge in [0, 0.05) is 69.9 Å². The summed E-state index contributed by atoms with van der Waals surface area (Å²) in [6.45, 7) is 5.88. The Morgan fingerprint density at radius 2 is 1.40 bits per heavy atom. The molecule has 1 fully saturated rings. The summed E-state index contributed by atoms with van der Waals surface area (Å²) in [5, 5.41) is 15.1. The topological polar surface area (TPSA) is 128 Å². The van der Waals surface area contributed by atoms with Crippen LogP contribution in [0.5, 0.6) is 0 Å². The van der Waals surface area contributed by atoms with Gasteiger partial charge in [0.25, 0.3) is 5.69 Å². The van der Waals surface area contributed by atoms with Crippen molar-refractivity contribution in [2.75, 3.05) is 31.2 Å². The first-order valence-electron chi connectivity index (χ1n) is 14.1. The predicted molar refractivity (Wildman–Crippen MR) is 170 cm³/mol. The molecular formula is C34H29N3O7S. The van der Waals surface area contributed by atoms with E-state index >= 15 is 0 Å². The summed E-state index contributed by atoms with van der Waals surface area (Å²) in [4.78, 5) is 57.5. The number of benzene rings is 4. The van der Waals surface area contributed by atoms with Crippen molar-refractivity contribution < 1.29 is 28.9 Å². The molecule has 1 saturated heterocycles. The molecule has 0 N–H and O–H groups in total. The second-order valence-electron chi connectivity index (χ2n) is 10.2. The van der Waals surface area contributed by atoms with E-state index in [9.17, 15) is 24.5 Å². The second kappa shape index (κ2) is 14.1. The molecule has 0 spiro atoms. The van der Waals surface area contributed by atoms with Gasteiger partial charge in [-0.1, -0.05) is 23.0 Å². The molecule has 5 rings (SSSR count). The van der Waals surface area contributed by atoms with Crippen molar-refractivity contribution in [1.82, 2.24) is 0 Å². The smallest absolute Gasteiger partial charge is 0.332 e. The van der Waals surface area contributed by atoms with Crippen molar-refractivity contribution in [2.24, 2.45) is 5.16 Å². The van der Waals surface area contributed by atoms with E-state index < -0.39 is 16.7 Å². The number of hydrogen-bond acceptors (Lipinski definition) is 10. The number of oxime groups is 1. The Morgan fingerprint density at radius 1 is 0.844 bits per heavy atom. The zero-order valence-corrected chi connectivity index (χ0v) is 25.4. The van der Waals surface area contributed by atoms with Gasteiger partial charge in [-0.2, -0.15) is 0 Å². The first-order valence-corrected chi connectivity index (χ1v) is 14.9. The number of hydrogen-bond donors (Lipinski definition) is 0. The minimum Gasteiger partial charge on any atom is -0.378 e. The fraction of sp³-hybridized carbons (Fsp3) is 0.176. The second-order valence-corrected chi connectivity index (χ2v) is 11.4. The fourth-order valence-corrected chi connectivity index (χ4v) is 5.55. The first kappa shape index (κ1) is 31.3. The van der Waals surface area contributed by atoms with Gasteiger partial charge >= 0.3 is 5.97 Å². The third kappa shape index (κ3) is 7.69. The normalized spacial score (nSPS) is 13.3. The van der Waals surface area contributed by atoms with E-state index in [1.165, 1.54) is 30.0 Å². The summed E-state index contributed by atoms with van der Waals surface area (Å²) in [5.74, 6) is -1.35. The van der Waals surface area contributed by atoms with Crippen LogP contribution in [0.25, 0.3) is 0 Å². The molecule has 0 aromatic heterocycles. The summed E-state index contributed by atoms with van der Waals surface area (Å²) < 4.78 is 5.41. The molecule has 11 heteroatoms. The molecule has 0 radical (unpaired) electrons. The molecule has 1 aliphatic heterocycles. The lowest BCUT2D eigenvalue weighted by atomic mass is 9.97. The maximum absolute atomic E-state index is 13.4. The summed E-state index contributed by atoms with van der Waals surface area (Å²) in [7, 11) is 0. The molecular weight excluding hydrogens is 594 g/mol. The molecule has 4 aromatic carbocycles. The van der Waals surface area contributed by atoms with Crippen LogP contribution in [0.15, 0.2) is 106 Å². The number of ether oxygens (including phenoxy) is 1. The maximum atomic E-state index is 13.4. The van der Waals surface area contributed by atoms with Crippen LogP contribution in [-0.4, -0.2) is 54.5 Å². The number of carbonyl (C=O) groups excluding carboxylic acids is 3. The molecule has 0 atom stereocenters.